The van der Waals surface area contributed by atoms with Crippen molar-refractivity contribution in [2.45, 2.75) is 52.7 Å². The minimum Gasteiger partial charge on any atom is -0.488 e. The van der Waals surface area contributed by atoms with Crippen molar-refractivity contribution in [2.75, 3.05) is 0 Å². The molecule has 0 aliphatic heterocycles. The molecule has 0 aromatic heterocycles. The van der Waals surface area contributed by atoms with Crippen molar-refractivity contribution in [1.82, 2.24) is 5.32 Å². The molecule has 3 nitrogen and oxygen atoms in total. The van der Waals surface area contributed by atoms with Gasteiger partial charge in [-0.3, -0.25) is 4.79 Å². The summed E-state index contributed by atoms with van der Waals surface area (Å²) in [6, 6.07) is 7.20. The SMILES string of the molecule is CC(C)(C)NC(=O)c1ccc(OC(C)(C)C)cc1. The fraction of sp³-hybridized carbons (Fsp3) is 0.533. The molecule has 0 aliphatic rings. The van der Waals surface area contributed by atoms with Crippen LogP contribution in [-0.4, -0.2) is 17.0 Å². The molecular formula is C15H23NO2. The van der Waals surface area contributed by atoms with Gasteiger partial charge in [0.25, 0.3) is 5.91 Å². The van der Waals surface area contributed by atoms with Gasteiger partial charge in [-0.05, 0) is 65.8 Å². The summed E-state index contributed by atoms with van der Waals surface area (Å²) in [5.74, 6) is 0.708. The van der Waals surface area contributed by atoms with Gasteiger partial charge in [0.1, 0.15) is 11.4 Å². The van der Waals surface area contributed by atoms with Crippen LogP contribution in [0, 0.1) is 0 Å². The molecule has 0 fully saturated rings. The summed E-state index contributed by atoms with van der Waals surface area (Å²) in [6.45, 7) is 11.9. The van der Waals surface area contributed by atoms with E-state index in [0.717, 1.165) is 5.75 Å². The molecule has 0 radical (unpaired) electrons. The molecule has 0 atom stereocenters. The van der Waals surface area contributed by atoms with E-state index in [4.69, 9.17) is 4.74 Å². The smallest absolute Gasteiger partial charge is 0.251 e. The van der Waals surface area contributed by atoms with Crippen molar-refractivity contribution in [1.29, 1.82) is 0 Å². The quantitative estimate of drug-likeness (QED) is 0.872. The lowest BCUT2D eigenvalue weighted by Crippen LogP contribution is -2.40. The van der Waals surface area contributed by atoms with Crippen molar-refractivity contribution in [3.05, 3.63) is 29.8 Å². The van der Waals surface area contributed by atoms with Crippen molar-refractivity contribution >= 4 is 5.91 Å². The largest absolute Gasteiger partial charge is 0.488 e. The zero-order valence-electron chi connectivity index (χ0n) is 12.1. The Hall–Kier alpha value is -1.51. The number of ether oxygens (including phenoxy) is 1. The number of carbonyl (C=O) groups is 1. The first-order valence-corrected chi connectivity index (χ1v) is 6.18. The van der Waals surface area contributed by atoms with Gasteiger partial charge in [-0.15, -0.1) is 0 Å². The highest BCUT2D eigenvalue weighted by molar-refractivity contribution is 5.94. The molecule has 0 spiro atoms. The molecule has 100 valence electrons. The Labute approximate surface area is 110 Å². The van der Waals surface area contributed by atoms with Gasteiger partial charge in [0.2, 0.25) is 0 Å². The van der Waals surface area contributed by atoms with Crippen LogP contribution in [-0.2, 0) is 0 Å². The van der Waals surface area contributed by atoms with Crippen LogP contribution in [0.25, 0.3) is 0 Å². The van der Waals surface area contributed by atoms with Crippen molar-refractivity contribution < 1.29 is 9.53 Å². The predicted molar refractivity (Wildman–Crippen MR) is 74.0 cm³/mol. The zero-order chi connectivity index (χ0) is 14.0. The van der Waals surface area contributed by atoms with Crippen molar-refractivity contribution in [2.24, 2.45) is 0 Å². The van der Waals surface area contributed by atoms with Crippen LogP contribution in [0.4, 0.5) is 0 Å². The van der Waals surface area contributed by atoms with Crippen LogP contribution in [0.5, 0.6) is 5.75 Å². The van der Waals surface area contributed by atoms with E-state index in [2.05, 4.69) is 5.32 Å². The summed E-state index contributed by atoms with van der Waals surface area (Å²) in [4.78, 5) is 11.9. The van der Waals surface area contributed by atoms with Gasteiger partial charge in [-0.1, -0.05) is 0 Å². The average molecular weight is 249 g/mol. The van der Waals surface area contributed by atoms with E-state index in [1.807, 2.05) is 53.7 Å². The van der Waals surface area contributed by atoms with E-state index in [1.165, 1.54) is 0 Å². The first kappa shape index (κ1) is 14.6. The Morgan fingerprint density at radius 1 is 1.00 bits per heavy atom. The minimum atomic E-state index is -0.227. The van der Waals surface area contributed by atoms with Gasteiger partial charge < -0.3 is 10.1 Å². The lowest BCUT2D eigenvalue weighted by atomic mass is 10.1. The Kier molecular flexibility index (Phi) is 4.05. The van der Waals surface area contributed by atoms with Gasteiger partial charge >= 0.3 is 0 Å². The van der Waals surface area contributed by atoms with Gasteiger partial charge in [-0.2, -0.15) is 0 Å². The second-order valence-corrected chi connectivity index (χ2v) is 6.44. The third-order valence-corrected chi connectivity index (χ3v) is 2.03. The molecule has 3 heteroatoms. The molecular weight excluding hydrogens is 226 g/mol. The second kappa shape index (κ2) is 5.01. The maximum absolute atomic E-state index is 11.9. The Morgan fingerprint density at radius 3 is 1.89 bits per heavy atom. The Balaban J connectivity index is 2.74. The Morgan fingerprint density at radius 2 is 1.50 bits per heavy atom. The second-order valence-electron chi connectivity index (χ2n) is 6.44. The molecule has 0 bridgehead atoms. The van der Waals surface area contributed by atoms with E-state index < -0.39 is 0 Å². The maximum atomic E-state index is 11.9. The van der Waals surface area contributed by atoms with Gasteiger partial charge in [0.05, 0.1) is 0 Å². The first-order chi connectivity index (χ1) is 8.07. The van der Waals surface area contributed by atoms with E-state index in [-0.39, 0.29) is 17.0 Å². The summed E-state index contributed by atoms with van der Waals surface area (Å²) in [5.41, 5.74) is 0.193. The van der Waals surface area contributed by atoms with Crippen LogP contribution >= 0.6 is 0 Å². The fourth-order valence-electron chi connectivity index (χ4n) is 1.44. The standard InChI is InChI=1S/C15H23NO2/c1-14(2,3)16-13(17)11-7-9-12(10-8-11)18-15(4,5)6/h7-10H,1-6H3,(H,16,17). The Bertz CT molecular complexity index is 408. The molecule has 1 N–H and O–H groups in total. The van der Waals surface area contributed by atoms with Crippen molar-refractivity contribution in [3.8, 4) is 5.75 Å². The number of hydrogen-bond acceptors (Lipinski definition) is 2. The normalized spacial score (nSPS) is 12.1. The zero-order valence-corrected chi connectivity index (χ0v) is 12.1. The highest BCUT2D eigenvalue weighted by Gasteiger charge is 2.16. The van der Waals surface area contributed by atoms with Crippen LogP contribution in [0.2, 0.25) is 0 Å². The van der Waals surface area contributed by atoms with E-state index in [9.17, 15) is 4.79 Å². The third-order valence-electron chi connectivity index (χ3n) is 2.03. The number of amides is 1. The highest BCUT2D eigenvalue weighted by atomic mass is 16.5. The summed E-state index contributed by atoms with van der Waals surface area (Å²) < 4.78 is 5.71. The monoisotopic (exact) mass is 249 g/mol. The molecule has 1 rings (SSSR count). The van der Waals surface area contributed by atoms with Crippen LogP contribution in [0.15, 0.2) is 24.3 Å². The summed E-state index contributed by atoms with van der Waals surface area (Å²) >= 11 is 0. The average Bonchev–Trinajstić information content (AvgIpc) is 2.13. The van der Waals surface area contributed by atoms with E-state index >= 15 is 0 Å². The van der Waals surface area contributed by atoms with Gasteiger partial charge in [-0.25, -0.2) is 0 Å². The molecule has 1 aromatic rings. The molecule has 1 amide bonds. The van der Waals surface area contributed by atoms with Crippen LogP contribution < -0.4 is 10.1 Å². The third kappa shape index (κ3) is 5.21. The first-order valence-electron chi connectivity index (χ1n) is 6.18. The molecule has 1 aromatic carbocycles. The molecule has 0 heterocycles. The van der Waals surface area contributed by atoms with Crippen LogP contribution in [0.3, 0.4) is 0 Å². The number of benzene rings is 1. The number of carbonyl (C=O) groups excluding carboxylic acids is 1. The molecule has 18 heavy (non-hydrogen) atoms. The molecule has 0 unspecified atom stereocenters. The van der Waals surface area contributed by atoms with Gasteiger partial charge in [0, 0.05) is 11.1 Å². The summed E-state index contributed by atoms with van der Waals surface area (Å²) in [7, 11) is 0. The van der Waals surface area contributed by atoms with E-state index in [0.29, 0.717) is 5.56 Å². The number of nitrogens with one attached hydrogen (secondary N) is 1. The molecule has 0 aliphatic carbocycles. The topological polar surface area (TPSA) is 38.3 Å². The highest BCUT2D eigenvalue weighted by Crippen LogP contribution is 2.18. The lowest BCUT2D eigenvalue weighted by Gasteiger charge is -2.22. The summed E-state index contributed by atoms with van der Waals surface area (Å²) in [5, 5.41) is 2.92. The number of rotatable bonds is 2. The van der Waals surface area contributed by atoms with Crippen LogP contribution in [0.1, 0.15) is 51.9 Å². The summed E-state index contributed by atoms with van der Waals surface area (Å²) in [6.07, 6.45) is 0. The fourth-order valence-corrected chi connectivity index (χ4v) is 1.44. The van der Waals surface area contributed by atoms with Crippen molar-refractivity contribution in [3.63, 3.8) is 0 Å². The van der Waals surface area contributed by atoms with Gasteiger partial charge in [0.15, 0.2) is 0 Å². The lowest BCUT2D eigenvalue weighted by molar-refractivity contribution is 0.0919. The predicted octanol–water partition coefficient (Wildman–Crippen LogP) is 3.39. The molecule has 0 saturated carbocycles. The number of hydrogen-bond donors (Lipinski definition) is 1. The van der Waals surface area contributed by atoms with E-state index in [1.54, 1.807) is 12.1 Å². The molecule has 0 saturated heterocycles. The minimum absolute atomic E-state index is 0.0650. The maximum Gasteiger partial charge on any atom is 0.251 e.